The molecular formula is C18H16Cl2N4O3. The van der Waals surface area contributed by atoms with Crippen molar-refractivity contribution >= 4 is 47.4 Å². The number of amides is 2. The molecule has 0 aliphatic carbocycles. The Labute approximate surface area is 166 Å². The number of ether oxygens (including phenoxy) is 1. The van der Waals surface area contributed by atoms with Crippen LogP contribution in [0, 0.1) is 0 Å². The fourth-order valence-corrected chi connectivity index (χ4v) is 2.18. The third-order valence-corrected chi connectivity index (χ3v) is 3.75. The molecule has 140 valence electrons. The second-order valence-electron chi connectivity index (χ2n) is 5.12. The highest BCUT2D eigenvalue weighted by Gasteiger charge is 2.04. The van der Waals surface area contributed by atoms with Gasteiger partial charge in [0.1, 0.15) is 13.2 Å². The first-order valence-corrected chi connectivity index (χ1v) is 8.52. The summed E-state index contributed by atoms with van der Waals surface area (Å²) in [6.07, 6.45) is 2.83. The summed E-state index contributed by atoms with van der Waals surface area (Å²) in [4.78, 5) is 23.2. The van der Waals surface area contributed by atoms with Crippen LogP contribution in [0.4, 0.5) is 0 Å². The second-order valence-corrected chi connectivity index (χ2v) is 5.94. The van der Waals surface area contributed by atoms with Crippen LogP contribution in [-0.4, -0.2) is 37.5 Å². The highest BCUT2D eigenvalue weighted by molar-refractivity contribution is 6.33. The van der Waals surface area contributed by atoms with E-state index in [1.165, 1.54) is 12.4 Å². The number of nitrogens with one attached hydrogen (secondary N) is 2. The van der Waals surface area contributed by atoms with Crippen LogP contribution in [0.3, 0.4) is 0 Å². The SMILES string of the molecule is O=C(COCC(=O)NN=Cc1ccccc1Cl)NN=Cc1ccccc1Cl. The number of hydrogen-bond acceptors (Lipinski definition) is 5. The van der Waals surface area contributed by atoms with E-state index in [2.05, 4.69) is 21.1 Å². The summed E-state index contributed by atoms with van der Waals surface area (Å²) in [7, 11) is 0. The molecule has 2 aromatic rings. The van der Waals surface area contributed by atoms with Gasteiger partial charge in [0.2, 0.25) is 0 Å². The molecule has 2 N–H and O–H groups in total. The third-order valence-electron chi connectivity index (χ3n) is 3.06. The molecule has 9 heteroatoms. The minimum atomic E-state index is -0.509. The lowest BCUT2D eigenvalue weighted by Crippen LogP contribution is -2.28. The van der Waals surface area contributed by atoms with E-state index in [1.54, 1.807) is 48.5 Å². The molecule has 0 heterocycles. The molecule has 0 spiro atoms. The molecule has 27 heavy (non-hydrogen) atoms. The number of halogens is 2. The molecule has 2 rings (SSSR count). The molecular weight excluding hydrogens is 391 g/mol. The molecule has 0 saturated heterocycles. The van der Waals surface area contributed by atoms with Crippen molar-refractivity contribution < 1.29 is 14.3 Å². The summed E-state index contributed by atoms with van der Waals surface area (Å²) >= 11 is 11.9. The van der Waals surface area contributed by atoms with E-state index in [4.69, 9.17) is 27.9 Å². The number of hydrogen-bond donors (Lipinski definition) is 2. The van der Waals surface area contributed by atoms with Crippen molar-refractivity contribution in [1.29, 1.82) is 0 Å². The molecule has 0 fully saturated rings. The van der Waals surface area contributed by atoms with Crippen molar-refractivity contribution in [2.75, 3.05) is 13.2 Å². The van der Waals surface area contributed by atoms with E-state index in [1.807, 2.05) is 0 Å². The first-order chi connectivity index (χ1) is 13.1. The largest absolute Gasteiger partial charge is 0.362 e. The highest BCUT2D eigenvalue weighted by Crippen LogP contribution is 2.12. The topological polar surface area (TPSA) is 92.2 Å². The maximum atomic E-state index is 11.6. The fraction of sp³-hybridized carbons (Fsp3) is 0.111. The van der Waals surface area contributed by atoms with E-state index >= 15 is 0 Å². The number of carbonyl (C=O) groups is 2. The second kappa shape index (κ2) is 11.1. The normalized spacial score (nSPS) is 11.0. The number of nitrogens with zero attached hydrogens (tertiary/aromatic N) is 2. The highest BCUT2D eigenvalue weighted by atomic mass is 35.5. The average molecular weight is 407 g/mol. The van der Waals surface area contributed by atoms with Crippen LogP contribution in [0.2, 0.25) is 10.0 Å². The summed E-state index contributed by atoms with van der Waals surface area (Å²) in [6, 6.07) is 14.1. The van der Waals surface area contributed by atoms with Crippen LogP contribution in [0.5, 0.6) is 0 Å². The molecule has 0 aromatic heterocycles. The van der Waals surface area contributed by atoms with E-state index in [0.29, 0.717) is 21.2 Å². The number of benzene rings is 2. The summed E-state index contributed by atoms with van der Waals surface area (Å²) in [5.74, 6) is -1.02. The zero-order valence-electron chi connectivity index (χ0n) is 14.1. The Hall–Kier alpha value is -2.74. The van der Waals surface area contributed by atoms with Crippen LogP contribution in [0.1, 0.15) is 11.1 Å². The molecule has 0 radical (unpaired) electrons. The first-order valence-electron chi connectivity index (χ1n) is 7.77. The Morgan fingerprint density at radius 2 is 1.22 bits per heavy atom. The van der Waals surface area contributed by atoms with Crippen LogP contribution >= 0.6 is 23.2 Å². The molecule has 0 unspecified atom stereocenters. The fourth-order valence-electron chi connectivity index (χ4n) is 1.81. The minimum Gasteiger partial charge on any atom is -0.362 e. The summed E-state index contributed by atoms with van der Waals surface area (Å²) in [6.45, 7) is -0.664. The summed E-state index contributed by atoms with van der Waals surface area (Å²) in [5.41, 5.74) is 5.87. The van der Waals surface area contributed by atoms with Gasteiger partial charge in [0, 0.05) is 21.2 Å². The van der Waals surface area contributed by atoms with Gasteiger partial charge in [-0.25, -0.2) is 10.9 Å². The van der Waals surface area contributed by atoms with Gasteiger partial charge in [0.25, 0.3) is 11.8 Å². The number of carbonyl (C=O) groups excluding carboxylic acids is 2. The molecule has 0 bridgehead atoms. The van der Waals surface area contributed by atoms with Crippen molar-refractivity contribution in [3.8, 4) is 0 Å². The smallest absolute Gasteiger partial charge is 0.266 e. The Balaban J connectivity index is 1.65. The van der Waals surface area contributed by atoms with E-state index in [-0.39, 0.29) is 13.2 Å². The van der Waals surface area contributed by atoms with Crippen LogP contribution in [0.15, 0.2) is 58.7 Å². The average Bonchev–Trinajstić information content (AvgIpc) is 2.65. The molecule has 0 atom stereocenters. The van der Waals surface area contributed by atoms with Gasteiger partial charge < -0.3 is 4.74 Å². The summed E-state index contributed by atoms with van der Waals surface area (Å²) < 4.78 is 4.99. The van der Waals surface area contributed by atoms with Gasteiger partial charge in [-0.05, 0) is 12.1 Å². The monoisotopic (exact) mass is 406 g/mol. The van der Waals surface area contributed by atoms with Gasteiger partial charge in [-0.2, -0.15) is 10.2 Å². The molecule has 0 saturated carbocycles. The lowest BCUT2D eigenvalue weighted by molar-refractivity contribution is -0.130. The van der Waals surface area contributed by atoms with Crippen LogP contribution < -0.4 is 10.9 Å². The Morgan fingerprint density at radius 1 is 0.815 bits per heavy atom. The lowest BCUT2D eigenvalue weighted by Gasteiger charge is -2.02. The Morgan fingerprint density at radius 3 is 1.63 bits per heavy atom. The molecule has 2 aromatic carbocycles. The Kier molecular flexibility index (Phi) is 8.44. The number of rotatable bonds is 8. The quantitative estimate of drug-likeness (QED) is 0.521. The lowest BCUT2D eigenvalue weighted by atomic mass is 10.2. The van der Waals surface area contributed by atoms with Crippen molar-refractivity contribution in [3.05, 3.63) is 69.7 Å². The zero-order valence-corrected chi connectivity index (χ0v) is 15.6. The van der Waals surface area contributed by atoms with Gasteiger partial charge >= 0.3 is 0 Å². The van der Waals surface area contributed by atoms with Crippen LogP contribution in [0.25, 0.3) is 0 Å². The predicted molar refractivity (Wildman–Crippen MR) is 105 cm³/mol. The molecule has 7 nitrogen and oxygen atoms in total. The van der Waals surface area contributed by atoms with Crippen LogP contribution in [-0.2, 0) is 14.3 Å². The first kappa shape index (κ1) is 20.6. The van der Waals surface area contributed by atoms with Crippen molar-refractivity contribution in [2.24, 2.45) is 10.2 Å². The van der Waals surface area contributed by atoms with Gasteiger partial charge in [0.15, 0.2) is 0 Å². The van der Waals surface area contributed by atoms with E-state index in [9.17, 15) is 9.59 Å². The van der Waals surface area contributed by atoms with E-state index < -0.39 is 11.8 Å². The zero-order chi connectivity index (χ0) is 19.5. The standard InChI is InChI=1S/C18H16Cl2N4O3/c19-15-7-3-1-5-13(15)9-21-23-17(25)11-27-12-18(26)24-22-10-14-6-2-4-8-16(14)20/h1-10H,11-12H2,(H,23,25)(H,24,26). The maximum absolute atomic E-state index is 11.6. The van der Waals surface area contributed by atoms with Crippen molar-refractivity contribution in [2.45, 2.75) is 0 Å². The van der Waals surface area contributed by atoms with Gasteiger partial charge in [-0.3, -0.25) is 9.59 Å². The number of hydrazone groups is 2. The van der Waals surface area contributed by atoms with Crippen molar-refractivity contribution in [3.63, 3.8) is 0 Å². The molecule has 0 aliphatic heterocycles. The van der Waals surface area contributed by atoms with Crippen molar-refractivity contribution in [1.82, 2.24) is 10.9 Å². The van der Waals surface area contributed by atoms with Gasteiger partial charge in [-0.1, -0.05) is 59.6 Å². The van der Waals surface area contributed by atoms with E-state index in [0.717, 1.165) is 0 Å². The maximum Gasteiger partial charge on any atom is 0.266 e. The van der Waals surface area contributed by atoms with Gasteiger partial charge in [-0.15, -0.1) is 0 Å². The molecule has 0 aliphatic rings. The minimum absolute atomic E-state index is 0.332. The molecule has 2 amide bonds. The Bertz CT molecular complexity index is 787. The summed E-state index contributed by atoms with van der Waals surface area (Å²) in [5, 5.41) is 8.56. The van der Waals surface area contributed by atoms with Gasteiger partial charge in [0.05, 0.1) is 12.4 Å². The predicted octanol–water partition coefficient (Wildman–Crippen LogP) is 2.61. The third kappa shape index (κ3) is 7.57.